The van der Waals surface area contributed by atoms with Gasteiger partial charge in [0.1, 0.15) is 0 Å². The third-order valence-corrected chi connectivity index (χ3v) is 2.46. The minimum absolute atomic E-state index is 0.891. The Morgan fingerprint density at radius 3 is 2.75 bits per heavy atom. The van der Waals surface area contributed by atoms with Crippen LogP contribution in [0.5, 0.6) is 0 Å². The van der Waals surface area contributed by atoms with E-state index in [1.807, 2.05) is 0 Å². The number of rotatable bonds is 1. The van der Waals surface area contributed by atoms with Gasteiger partial charge in [-0.25, -0.2) is 0 Å². The maximum absolute atomic E-state index is 3.76. The zero-order valence-corrected chi connectivity index (χ0v) is 6.76. The molecule has 0 spiro atoms. The molecule has 0 unspecified atom stereocenters. The molecule has 0 nitrogen and oxygen atoms in total. The van der Waals surface area contributed by atoms with Crippen LogP contribution < -0.4 is 0 Å². The normalized spacial score (nSPS) is 9.75. The van der Waals surface area contributed by atoms with Crippen molar-refractivity contribution < 1.29 is 0 Å². The Morgan fingerprint density at radius 1 is 1.75 bits per heavy atom. The minimum atomic E-state index is 0.891. The van der Waals surface area contributed by atoms with Gasteiger partial charge in [0, 0.05) is 0 Å². The van der Waals surface area contributed by atoms with Crippen LogP contribution in [0.15, 0.2) is 15.2 Å². The lowest BCUT2D eigenvalue weighted by Crippen LogP contribution is -1.67. The second-order valence-electron chi connectivity index (χ2n) is 1.51. The van der Waals surface area contributed by atoms with Crippen LogP contribution in [0.3, 0.4) is 0 Å². The van der Waals surface area contributed by atoms with Crippen LogP contribution in [0.1, 0.15) is 5.56 Å². The highest BCUT2D eigenvalue weighted by molar-refractivity contribution is 9.11. The Bertz CT molecular complexity index is 169. The Hall–Kier alpha value is 0.180. The van der Waals surface area contributed by atoms with E-state index in [0.717, 1.165) is 6.42 Å². The van der Waals surface area contributed by atoms with Crippen molar-refractivity contribution in [2.75, 3.05) is 0 Å². The molecule has 1 radical (unpaired) electrons. The molecule has 0 fully saturated rings. The molecule has 43 valence electrons. The molecule has 1 heterocycles. The highest BCUT2D eigenvalue weighted by Crippen LogP contribution is 2.20. The topological polar surface area (TPSA) is 0 Å². The molecule has 0 atom stereocenters. The molecule has 0 aliphatic heterocycles. The molecule has 8 heavy (non-hydrogen) atoms. The van der Waals surface area contributed by atoms with Crippen molar-refractivity contribution in [1.82, 2.24) is 0 Å². The van der Waals surface area contributed by atoms with E-state index in [-0.39, 0.29) is 0 Å². The summed E-state index contributed by atoms with van der Waals surface area (Å²) >= 11 is 5.07. The molecule has 0 aliphatic carbocycles. The number of hydrogen-bond acceptors (Lipinski definition) is 1. The maximum Gasteiger partial charge on any atom is 0.0701 e. The van der Waals surface area contributed by atoms with E-state index in [4.69, 9.17) is 0 Å². The molecule has 0 aromatic carbocycles. The van der Waals surface area contributed by atoms with Crippen molar-refractivity contribution in [1.29, 1.82) is 0 Å². The van der Waals surface area contributed by atoms with Gasteiger partial charge in [-0.2, -0.15) is 0 Å². The summed E-state index contributed by atoms with van der Waals surface area (Å²) in [5, 5.41) is 2.11. The monoisotopic (exact) mass is 189 g/mol. The number of halogens is 1. The fraction of sp³-hybridized carbons (Fsp3) is 0.167. The van der Waals surface area contributed by atoms with Crippen LogP contribution in [0.2, 0.25) is 0 Å². The van der Waals surface area contributed by atoms with Crippen LogP contribution in [-0.4, -0.2) is 0 Å². The summed E-state index contributed by atoms with van der Waals surface area (Å²) in [7, 11) is 0. The minimum Gasteiger partial charge on any atom is -0.137 e. The molecule has 0 N–H and O–H groups in total. The molecule has 0 bridgehead atoms. The summed E-state index contributed by atoms with van der Waals surface area (Å²) < 4.78 is 1.19. The fourth-order valence-corrected chi connectivity index (χ4v) is 1.72. The second kappa shape index (κ2) is 2.65. The van der Waals surface area contributed by atoms with Gasteiger partial charge in [0.15, 0.2) is 0 Å². The van der Waals surface area contributed by atoms with Gasteiger partial charge in [-0.15, -0.1) is 11.3 Å². The van der Waals surface area contributed by atoms with E-state index < -0.39 is 0 Å². The molecular weight excluding hydrogens is 184 g/mol. The largest absolute Gasteiger partial charge is 0.137 e. The average Bonchev–Trinajstić information content (AvgIpc) is 2.14. The van der Waals surface area contributed by atoms with Crippen molar-refractivity contribution in [3.63, 3.8) is 0 Å². The summed E-state index contributed by atoms with van der Waals surface area (Å²) in [6.07, 6.45) is 0.891. The summed E-state index contributed by atoms with van der Waals surface area (Å²) in [4.78, 5) is 0. The van der Waals surface area contributed by atoms with E-state index in [1.165, 1.54) is 9.35 Å². The van der Waals surface area contributed by atoms with E-state index in [9.17, 15) is 0 Å². The first-order valence-corrected chi connectivity index (χ1v) is 4.02. The average molecular weight is 190 g/mol. The quantitative estimate of drug-likeness (QED) is 0.638. The Kier molecular flexibility index (Phi) is 2.08. The SMILES string of the molecule is [CH2]Cc1csc(Br)c1. The first-order chi connectivity index (χ1) is 3.83. The van der Waals surface area contributed by atoms with Crippen molar-refractivity contribution in [2.24, 2.45) is 0 Å². The number of thiophene rings is 1. The zero-order valence-electron chi connectivity index (χ0n) is 4.36. The highest BCUT2D eigenvalue weighted by Gasteiger charge is 1.90. The second-order valence-corrected chi connectivity index (χ2v) is 3.80. The maximum atomic E-state index is 3.76. The summed E-state index contributed by atoms with van der Waals surface area (Å²) in [5.74, 6) is 0. The van der Waals surface area contributed by atoms with Crippen LogP contribution >= 0.6 is 27.3 Å². The van der Waals surface area contributed by atoms with Crippen molar-refractivity contribution in [2.45, 2.75) is 6.42 Å². The first-order valence-electron chi connectivity index (χ1n) is 2.35. The molecule has 1 rings (SSSR count). The van der Waals surface area contributed by atoms with Gasteiger partial charge < -0.3 is 0 Å². The molecule has 0 aliphatic rings. The van der Waals surface area contributed by atoms with Crippen LogP contribution in [0.25, 0.3) is 0 Å². The lowest BCUT2D eigenvalue weighted by molar-refractivity contribution is 1.30. The van der Waals surface area contributed by atoms with Gasteiger partial charge >= 0.3 is 0 Å². The van der Waals surface area contributed by atoms with E-state index in [2.05, 4.69) is 34.3 Å². The van der Waals surface area contributed by atoms with E-state index in [0.29, 0.717) is 0 Å². The molecule has 0 amide bonds. The lowest BCUT2D eigenvalue weighted by Gasteiger charge is -1.79. The summed E-state index contributed by atoms with van der Waals surface area (Å²) in [6.45, 7) is 3.76. The first kappa shape index (κ1) is 6.30. The standard InChI is InChI=1S/C6H6BrS/c1-2-5-3-6(7)8-4-5/h3-4H,1-2H2. The predicted octanol–water partition coefficient (Wildman–Crippen LogP) is 2.89. The third kappa shape index (κ3) is 1.33. The van der Waals surface area contributed by atoms with Gasteiger partial charge in [-0.3, -0.25) is 0 Å². The third-order valence-electron chi connectivity index (χ3n) is 0.910. The van der Waals surface area contributed by atoms with Crippen LogP contribution in [0.4, 0.5) is 0 Å². The van der Waals surface area contributed by atoms with E-state index >= 15 is 0 Å². The van der Waals surface area contributed by atoms with Crippen molar-refractivity contribution >= 4 is 27.3 Å². The van der Waals surface area contributed by atoms with Crippen molar-refractivity contribution in [3.05, 3.63) is 27.7 Å². The summed E-state index contributed by atoms with van der Waals surface area (Å²) in [6, 6.07) is 2.09. The smallest absolute Gasteiger partial charge is 0.0701 e. The molecule has 0 saturated carbocycles. The Labute approximate surface area is 61.7 Å². The van der Waals surface area contributed by atoms with Gasteiger partial charge in [-0.05, 0) is 46.3 Å². The molecule has 0 saturated heterocycles. The molecule has 2 heteroatoms. The lowest BCUT2D eigenvalue weighted by atomic mass is 10.3. The van der Waals surface area contributed by atoms with Gasteiger partial charge in [0.05, 0.1) is 3.79 Å². The highest BCUT2D eigenvalue weighted by atomic mass is 79.9. The Balaban J connectivity index is 2.84. The predicted molar refractivity (Wildman–Crippen MR) is 41.1 cm³/mol. The Morgan fingerprint density at radius 2 is 2.50 bits per heavy atom. The van der Waals surface area contributed by atoms with Gasteiger partial charge in [0.25, 0.3) is 0 Å². The van der Waals surface area contributed by atoms with Gasteiger partial charge in [0.2, 0.25) is 0 Å². The molecular formula is C6H6BrS. The van der Waals surface area contributed by atoms with E-state index in [1.54, 1.807) is 11.3 Å². The van der Waals surface area contributed by atoms with Crippen molar-refractivity contribution in [3.8, 4) is 0 Å². The fourth-order valence-electron chi connectivity index (χ4n) is 0.477. The molecule has 1 aromatic rings. The zero-order chi connectivity index (χ0) is 5.98. The number of hydrogen-bond donors (Lipinski definition) is 0. The summed E-state index contributed by atoms with van der Waals surface area (Å²) in [5.41, 5.74) is 1.31. The molecule has 1 aromatic heterocycles. The van der Waals surface area contributed by atoms with Gasteiger partial charge in [-0.1, -0.05) is 0 Å². The van der Waals surface area contributed by atoms with Crippen LogP contribution in [-0.2, 0) is 6.42 Å². The van der Waals surface area contributed by atoms with Crippen LogP contribution in [0, 0.1) is 6.92 Å².